The monoisotopic (exact) mass is 358 g/mol. The molecule has 0 aliphatic carbocycles. The van der Waals surface area contributed by atoms with Crippen LogP contribution >= 0.6 is 0 Å². The summed E-state index contributed by atoms with van der Waals surface area (Å²) < 4.78 is 2.04. The largest absolute Gasteiger partial charge is 0.355 e. The zero-order chi connectivity index (χ0) is 19.1. The normalized spacial score (nSPS) is 11.1. The molecule has 6 nitrogen and oxygen atoms in total. The van der Waals surface area contributed by atoms with Crippen molar-refractivity contribution in [2.45, 2.75) is 52.9 Å². The van der Waals surface area contributed by atoms with Crippen LogP contribution in [0.2, 0.25) is 0 Å². The number of imidazole rings is 1. The van der Waals surface area contributed by atoms with Gasteiger partial charge in [0, 0.05) is 38.0 Å². The molecule has 2 rings (SSSR count). The van der Waals surface area contributed by atoms with Gasteiger partial charge in [0.25, 0.3) is 0 Å². The molecule has 2 amide bonds. The fraction of sp³-hybridized carbons (Fsp3) is 0.550. The van der Waals surface area contributed by atoms with Gasteiger partial charge in [0.2, 0.25) is 11.8 Å². The van der Waals surface area contributed by atoms with Crippen molar-refractivity contribution in [1.82, 2.24) is 14.9 Å². The first-order valence-electron chi connectivity index (χ1n) is 9.53. The SMILES string of the molecule is CCCC(=O)Nc1ccc2c(c1)nc(CCNC(=O)C(CC)CC)n2C. The van der Waals surface area contributed by atoms with Crippen LogP contribution < -0.4 is 10.6 Å². The van der Waals surface area contributed by atoms with Crippen molar-refractivity contribution in [3.05, 3.63) is 24.0 Å². The Kier molecular flexibility index (Phi) is 7.18. The smallest absolute Gasteiger partial charge is 0.224 e. The number of aromatic nitrogens is 2. The second-order valence-corrected chi connectivity index (χ2v) is 6.64. The van der Waals surface area contributed by atoms with Crippen LogP contribution in [0.1, 0.15) is 52.3 Å². The molecule has 2 N–H and O–H groups in total. The van der Waals surface area contributed by atoms with Crippen molar-refractivity contribution in [1.29, 1.82) is 0 Å². The quantitative estimate of drug-likeness (QED) is 0.721. The minimum Gasteiger partial charge on any atom is -0.355 e. The second kappa shape index (κ2) is 9.36. The molecule has 1 aromatic heterocycles. The van der Waals surface area contributed by atoms with E-state index in [-0.39, 0.29) is 17.7 Å². The number of benzene rings is 1. The van der Waals surface area contributed by atoms with Gasteiger partial charge in [-0.25, -0.2) is 4.98 Å². The Hall–Kier alpha value is -2.37. The zero-order valence-corrected chi connectivity index (χ0v) is 16.3. The number of nitrogens with one attached hydrogen (secondary N) is 2. The number of aryl methyl sites for hydroxylation is 1. The third-order valence-electron chi connectivity index (χ3n) is 4.74. The van der Waals surface area contributed by atoms with Gasteiger partial charge in [0.1, 0.15) is 5.82 Å². The molecule has 0 aliphatic rings. The maximum absolute atomic E-state index is 12.1. The Balaban J connectivity index is 2.03. The van der Waals surface area contributed by atoms with Gasteiger partial charge >= 0.3 is 0 Å². The van der Waals surface area contributed by atoms with Gasteiger partial charge in [-0.1, -0.05) is 20.8 Å². The van der Waals surface area contributed by atoms with Gasteiger partial charge in [0.15, 0.2) is 0 Å². The van der Waals surface area contributed by atoms with Crippen LogP contribution in [0, 0.1) is 5.92 Å². The predicted octanol–water partition coefficient (Wildman–Crippen LogP) is 3.41. The summed E-state index contributed by atoms with van der Waals surface area (Å²) in [5.41, 5.74) is 2.63. The van der Waals surface area contributed by atoms with E-state index in [1.165, 1.54) is 0 Å². The molecule has 1 heterocycles. The second-order valence-electron chi connectivity index (χ2n) is 6.64. The number of carbonyl (C=O) groups excluding carboxylic acids is 2. The number of amides is 2. The van der Waals surface area contributed by atoms with Gasteiger partial charge in [-0.2, -0.15) is 0 Å². The van der Waals surface area contributed by atoms with Gasteiger partial charge in [-0.05, 0) is 37.5 Å². The van der Waals surface area contributed by atoms with Gasteiger partial charge in [-0.3, -0.25) is 9.59 Å². The molecule has 0 radical (unpaired) electrons. The minimum atomic E-state index is 0.0205. The van der Waals surface area contributed by atoms with Crippen molar-refractivity contribution in [2.75, 3.05) is 11.9 Å². The van der Waals surface area contributed by atoms with Crippen molar-refractivity contribution in [3.8, 4) is 0 Å². The lowest BCUT2D eigenvalue weighted by Gasteiger charge is -2.12. The lowest BCUT2D eigenvalue weighted by molar-refractivity contribution is -0.125. The molecule has 0 saturated heterocycles. The average Bonchev–Trinajstić information content (AvgIpc) is 2.91. The molecule has 0 atom stereocenters. The Bertz CT molecular complexity index is 763. The summed E-state index contributed by atoms with van der Waals surface area (Å²) in [6.07, 6.45) is 3.74. The molecule has 0 unspecified atom stereocenters. The van der Waals surface area contributed by atoms with Crippen LogP contribution in [-0.2, 0) is 23.1 Å². The average molecular weight is 358 g/mol. The number of carbonyl (C=O) groups is 2. The number of fused-ring (bicyclic) bond motifs is 1. The molecular weight excluding hydrogens is 328 g/mol. The molecule has 6 heteroatoms. The van der Waals surface area contributed by atoms with Crippen molar-refractivity contribution >= 4 is 28.5 Å². The highest BCUT2D eigenvalue weighted by Gasteiger charge is 2.14. The summed E-state index contributed by atoms with van der Waals surface area (Å²) in [5, 5.41) is 5.91. The zero-order valence-electron chi connectivity index (χ0n) is 16.3. The molecular formula is C20H30N4O2. The summed E-state index contributed by atoms with van der Waals surface area (Å²) in [7, 11) is 1.97. The summed E-state index contributed by atoms with van der Waals surface area (Å²) in [6.45, 7) is 6.63. The predicted molar refractivity (Wildman–Crippen MR) is 105 cm³/mol. The number of nitrogens with zero attached hydrogens (tertiary/aromatic N) is 2. The third kappa shape index (κ3) is 4.84. The Morgan fingerprint density at radius 1 is 1.19 bits per heavy atom. The number of rotatable bonds is 9. The molecule has 1 aromatic carbocycles. The summed E-state index contributed by atoms with van der Waals surface area (Å²) >= 11 is 0. The molecule has 0 fully saturated rings. The van der Waals surface area contributed by atoms with E-state index in [0.29, 0.717) is 19.4 Å². The van der Waals surface area contributed by atoms with Gasteiger partial charge < -0.3 is 15.2 Å². The van der Waals surface area contributed by atoms with E-state index in [4.69, 9.17) is 0 Å². The van der Waals surface area contributed by atoms with E-state index in [9.17, 15) is 9.59 Å². The molecule has 26 heavy (non-hydrogen) atoms. The van der Waals surface area contributed by atoms with E-state index in [0.717, 1.165) is 41.8 Å². The first-order chi connectivity index (χ1) is 12.5. The molecule has 0 bridgehead atoms. The van der Waals surface area contributed by atoms with E-state index in [1.807, 2.05) is 50.6 Å². The van der Waals surface area contributed by atoms with Crippen LogP contribution in [0.25, 0.3) is 11.0 Å². The number of anilines is 1. The van der Waals surface area contributed by atoms with Crippen LogP contribution in [0.15, 0.2) is 18.2 Å². The van der Waals surface area contributed by atoms with Gasteiger partial charge in [0.05, 0.1) is 11.0 Å². The van der Waals surface area contributed by atoms with E-state index >= 15 is 0 Å². The van der Waals surface area contributed by atoms with E-state index in [1.54, 1.807) is 0 Å². The molecule has 2 aromatic rings. The molecule has 0 spiro atoms. The maximum atomic E-state index is 12.1. The van der Waals surface area contributed by atoms with Crippen molar-refractivity contribution in [2.24, 2.45) is 13.0 Å². The van der Waals surface area contributed by atoms with E-state index in [2.05, 4.69) is 15.6 Å². The Morgan fingerprint density at radius 3 is 2.58 bits per heavy atom. The number of hydrogen-bond acceptors (Lipinski definition) is 3. The topological polar surface area (TPSA) is 76.0 Å². The van der Waals surface area contributed by atoms with Crippen LogP contribution in [0.3, 0.4) is 0 Å². The third-order valence-corrected chi connectivity index (χ3v) is 4.74. The van der Waals surface area contributed by atoms with Crippen LogP contribution in [0.5, 0.6) is 0 Å². The lowest BCUT2D eigenvalue weighted by Crippen LogP contribution is -2.32. The van der Waals surface area contributed by atoms with Crippen molar-refractivity contribution < 1.29 is 9.59 Å². The van der Waals surface area contributed by atoms with Gasteiger partial charge in [-0.15, -0.1) is 0 Å². The molecule has 0 aliphatic heterocycles. The minimum absolute atomic E-state index is 0.0205. The molecule has 0 saturated carbocycles. The maximum Gasteiger partial charge on any atom is 0.224 e. The highest BCUT2D eigenvalue weighted by molar-refractivity contribution is 5.93. The molecule has 142 valence electrons. The summed E-state index contributed by atoms with van der Waals surface area (Å²) in [5.74, 6) is 1.15. The van der Waals surface area contributed by atoms with Crippen LogP contribution in [0.4, 0.5) is 5.69 Å². The Labute approximate surface area is 155 Å². The highest BCUT2D eigenvalue weighted by atomic mass is 16.2. The number of hydrogen-bond donors (Lipinski definition) is 2. The van der Waals surface area contributed by atoms with Crippen LogP contribution in [-0.4, -0.2) is 27.9 Å². The summed E-state index contributed by atoms with van der Waals surface area (Å²) in [6, 6.07) is 5.77. The summed E-state index contributed by atoms with van der Waals surface area (Å²) in [4.78, 5) is 28.5. The Morgan fingerprint density at radius 2 is 1.92 bits per heavy atom. The fourth-order valence-corrected chi connectivity index (χ4v) is 3.10. The van der Waals surface area contributed by atoms with Crippen molar-refractivity contribution in [3.63, 3.8) is 0 Å². The highest BCUT2D eigenvalue weighted by Crippen LogP contribution is 2.20. The lowest BCUT2D eigenvalue weighted by atomic mass is 10.0. The standard InChI is InChI=1S/C20H30N4O2/c1-5-8-19(25)22-15-9-10-17-16(13-15)23-18(24(17)4)11-12-21-20(26)14(6-2)7-3/h9-10,13-14H,5-8,11-12H2,1-4H3,(H,21,26)(H,22,25). The van der Waals surface area contributed by atoms with E-state index < -0.39 is 0 Å². The first kappa shape index (κ1) is 19.9. The first-order valence-corrected chi connectivity index (χ1v) is 9.53. The fourth-order valence-electron chi connectivity index (χ4n) is 3.10.